The van der Waals surface area contributed by atoms with E-state index in [1.807, 2.05) is 0 Å². The minimum absolute atomic E-state index is 0.403. The fraction of sp³-hybridized carbons (Fsp3) is 1.00. The molecule has 1 nitrogen and oxygen atoms in total. The molecule has 0 aliphatic heterocycles. The Hall–Kier alpha value is -0.0400. The molecule has 0 saturated carbocycles. The third-order valence-electron chi connectivity index (χ3n) is 2.50. The second-order valence-electron chi connectivity index (χ2n) is 3.78. The van der Waals surface area contributed by atoms with Crippen molar-refractivity contribution in [2.75, 3.05) is 0 Å². The zero-order chi connectivity index (χ0) is 8.85. The van der Waals surface area contributed by atoms with Crippen LogP contribution in [0.5, 0.6) is 0 Å². The minimum Gasteiger partial charge on any atom is -0.327 e. The quantitative estimate of drug-likeness (QED) is 0.652. The van der Waals surface area contributed by atoms with Crippen LogP contribution in [0.15, 0.2) is 0 Å². The molecule has 0 saturated heterocycles. The first kappa shape index (κ1) is 11.0. The summed E-state index contributed by atoms with van der Waals surface area (Å²) in [5.41, 5.74) is 6.06. The lowest BCUT2D eigenvalue weighted by molar-refractivity contribution is 0.313. The average Bonchev–Trinajstić information content (AvgIpc) is 1.98. The zero-order valence-electron chi connectivity index (χ0n) is 8.43. The van der Waals surface area contributed by atoms with Gasteiger partial charge in [-0.2, -0.15) is 0 Å². The summed E-state index contributed by atoms with van der Waals surface area (Å²) in [6, 6.07) is 0.403. The number of hydrogen-bond donors (Lipinski definition) is 1. The van der Waals surface area contributed by atoms with Crippen LogP contribution >= 0.6 is 0 Å². The van der Waals surface area contributed by atoms with Gasteiger partial charge in [-0.1, -0.05) is 40.5 Å². The Morgan fingerprint density at radius 2 is 1.73 bits per heavy atom. The van der Waals surface area contributed by atoms with E-state index in [2.05, 4.69) is 27.7 Å². The lowest BCUT2D eigenvalue weighted by Crippen LogP contribution is -2.34. The summed E-state index contributed by atoms with van der Waals surface area (Å²) in [4.78, 5) is 0. The van der Waals surface area contributed by atoms with E-state index >= 15 is 0 Å². The second-order valence-corrected chi connectivity index (χ2v) is 3.78. The van der Waals surface area contributed by atoms with Gasteiger partial charge in [-0.15, -0.1) is 0 Å². The maximum Gasteiger partial charge on any atom is 0.00902 e. The van der Waals surface area contributed by atoms with Crippen LogP contribution in [0.2, 0.25) is 0 Å². The van der Waals surface area contributed by atoms with Crippen LogP contribution < -0.4 is 5.73 Å². The molecule has 0 heterocycles. The molecule has 1 heteroatoms. The van der Waals surface area contributed by atoms with E-state index in [9.17, 15) is 0 Å². The standard InChI is InChI=1S/C10H23N/c1-5-7-9(6-2)10(11)8(3)4/h8-10H,5-7,11H2,1-4H3. The van der Waals surface area contributed by atoms with Crippen molar-refractivity contribution in [1.29, 1.82) is 0 Å². The molecule has 0 fully saturated rings. The molecule has 2 atom stereocenters. The summed E-state index contributed by atoms with van der Waals surface area (Å²) >= 11 is 0. The Labute approximate surface area is 71.4 Å². The van der Waals surface area contributed by atoms with Crippen molar-refractivity contribution in [2.24, 2.45) is 17.6 Å². The molecule has 0 amide bonds. The van der Waals surface area contributed by atoms with Gasteiger partial charge in [0.2, 0.25) is 0 Å². The number of nitrogens with two attached hydrogens (primary N) is 1. The Bertz CT molecular complexity index is 88.9. The lowest BCUT2D eigenvalue weighted by atomic mass is 9.86. The summed E-state index contributed by atoms with van der Waals surface area (Å²) in [5, 5.41) is 0. The van der Waals surface area contributed by atoms with Crippen molar-refractivity contribution in [3.8, 4) is 0 Å². The predicted octanol–water partition coefficient (Wildman–Crippen LogP) is 2.80. The Morgan fingerprint density at radius 3 is 2.00 bits per heavy atom. The van der Waals surface area contributed by atoms with Crippen LogP contribution in [0.3, 0.4) is 0 Å². The van der Waals surface area contributed by atoms with Gasteiger partial charge in [0.15, 0.2) is 0 Å². The van der Waals surface area contributed by atoms with Crippen molar-refractivity contribution >= 4 is 0 Å². The van der Waals surface area contributed by atoms with Crippen LogP contribution in [0.4, 0.5) is 0 Å². The normalized spacial score (nSPS) is 16.9. The molecule has 0 spiro atoms. The Balaban J connectivity index is 3.81. The maximum absolute atomic E-state index is 6.06. The highest BCUT2D eigenvalue weighted by atomic mass is 14.7. The van der Waals surface area contributed by atoms with Gasteiger partial charge in [0, 0.05) is 6.04 Å². The smallest absolute Gasteiger partial charge is 0.00902 e. The van der Waals surface area contributed by atoms with Crippen LogP contribution in [0.25, 0.3) is 0 Å². The topological polar surface area (TPSA) is 26.0 Å². The fourth-order valence-electron chi connectivity index (χ4n) is 1.58. The van der Waals surface area contributed by atoms with E-state index in [1.165, 1.54) is 19.3 Å². The highest BCUT2D eigenvalue weighted by Gasteiger charge is 2.17. The largest absolute Gasteiger partial charge is 0.327 e. The maximum atomic E-state index is 6.06. The molecule has 0 aliphatic rings. The molecule has 0 rings (SSSR count). The van der Waals surface area contributed by atoms with Crippen LogP contribution in [0, 0.1) is 11.8 Å². The average molecular weight is 157 g/mol. The van der Waals surface area contributed by atoms with E-state index in [4.69, 9.17) is 5.73 Å². The second kappa shape index (κ2) is 5.59. The molecular weight excluding hydrogens is 134 g/mol. The number of rotatable bonds is 5. The lowest BCUT2D eigenvalue weighted by Gasteiger charge is -2.25. The van der Waals surface area contributed by atoms with Crippen molar-refractivity contribution in [2.45, 2.75) is 53.0 Å². The monoisotopic (exact) mass is 157 g/mol. The molecule has 68 valence electrons. The van der Waals surface area contributed by atoms with Crippen LogP contribution in [0.1, 0.15) is 47.0 Å². The highest BCUT2D eigenvalue weighted by Crippen LogP contribution is 2.18. The molecule has 0 radical (unpaired) electrons. The summed E-state index contributed by atoms with van der Waals surface area (Å²) in [6.07, 6.45) is 3.78. The molecule has 2 unspecified atom stereocenters. The van der Waals surface area contributed by atoms with Gasteiger partial charge in [-0.05, 0) is 18.3 Å². The molecule has 11 heavy (non-hydrogen) atoms. The molecule has 0 bridgehead atoms. The Morgan fingerprint density at radius 1 is 1.18 bits per heavy atom. The van der Waals surface area contributed by atoms with Crippen LogP contribution in [-0.4, -0.2) is 6.04 Å². The van der Waals surface area contributed by atoms with Gasteiger partial charge < -0.3 is 5.73 Å². The van der Waals surface area contributed by atoms with Gasteiger partial charge in [0.1, 0.15) is 0 Å². The Kier molecular flexibility index (Phi) is 5.57. The molecule has 0 aromatic rings. The molecule has 0 aliphatic carbocycles. The third-order valence-corrected chi connectivity index (χ3v) is 2.50. The van der Waals surface area contributed by atoms with Gasteiger partial charge >= 0.3 is 0 Å². The van der Waals surface area contributed by atoms with E-state index in [-0.39, 0.29) is 0 Å². The van der Waals surface area contributed by atoms with Crippen molar-refractivity contribution in [3.05, 3.63) is 0 Å². The third kappa shape index (κ3) is 3.76. The molecular formula is C10H23N. The first-order valence-corrected chi connectivity index (χ1v) is 4.89. The summed E-state index contributed by atoms with van der Waals surface area (Å²) in [5.74, 6) is 1.37. The van der Waals surface area contributed by atoms with E-state index < -0.39 is 0 Å². The predicted molar refractivity (Wildman–Crippen MR) is 51.5 cm³/mol. The molecule has 2 N–H and O–H groups in total. The van der Waals surface area contributed by atoms with E-state index in [0.29, 0.717) is 12.0 Å². The van der Waals surface area contributed by atoms with Gasteiger partial charge in [-0.25, -0.2) is 0 Å². The first-order valence-electron chi connectivity index (χ1n) is 4.89. The van der Waals surface area contributed by atoms with Crippen LogP contribution in [-0.2, 0) is 0 Å². The van der Waals surface area contributed by atoms with Gasteiger partial charge in [-0.3, -0.25) is 0 Å². The minimum atomic E-state index is 0.403. The molecule has 0 aromatic heterocycles. The fourth-order valence-corrected chi connectivity index (χ4v) is 1.58. The first-order chi connectivity index (χ1) is 5.13. The zero-order valence-corrected chi connectivity index (χ0v) is 8.43. The van der Waals surface area contributed by atoms with E-state index in [0.717, 1.165) is 5.92 Å². The van der Waals surface area contributed by atoms with Crippen molar-refractivity contribution in [1.82, 2.24) is 0 Å². The summed E-state index contributed by atoms with van der Waals surface area (Å²) in [7, 11) is 0. The summed E-state index contributed by atoms with van der Waals surface area (Å²) < 4.78 is 0. The summed E-state index contributed by atoms with van der Waals surface area (Å²) in [6.45, 7) is 8.89. The van der Waals surface area contributed by atoms with Crippen molar-refractivity contribution < 1.29 is 0 Å². The number of hydrogen-bond acceptors (Lipinski definition) is 1. The van der Waals surface area contributed by atoms with Gasteiger partial charge in [0.25, 0.3) is 0 Å². The molecule has 0 aromatic carbocycles. The highest BCUT2D eigenvalue weighted by molar-refractivity contribution is 4.74. The van der Waals surface area contributed by atoms with Crippen molar-refractivity contribution in [3.63, 3.8) is 0 Å². The SMILES string of the molecule is CCCC(CC)C(N)C(C)C. The van der Waals surface area contributed by atoms with Gasteiger partial charge in [0.05, 0.1) is 0 Å². The van der Waals surface area contributed by atoms with E-state index in [1.54, 1.807) is 0 Å².